The van der Waals surface area contributed by atoms with Crippen molar-refractivity contribution in [2.24, 2.45) is 0 Å². The van der Waals surface area contributed by atoms with Crippen molar-refractivity contribution >= 4 is 28.4 Å². The molecule has 2 aromatic carbocycles. The summed E-state index contributed by atoms with van der Waals surface area (Å²) in [5.41, 5.74) is 4.13. The van der Waals surface area contributed by atoms with E-state index in [1.807, 2.05) is 36.5 Å². The van der Waals surface area contributed by atoms with E-state index >= 15 is 0 Å². The van der Waals surface area contributed by atoms with Crippen molar-refractivity contribution in [3.05, 3.63) is 59.8 Å². The predicted molar refractivity (Wildman–Crippen MR) is 104 cm³/mol. The minimum absolute atomic E-state index is 0.00896. The molecule has 0 radical (unpaired) electrons. The highest BCUT2D eigenvalue weighted by Gasteiger charge is 2.15. The van der Waals surface area contributed by atoms with Crippen LogP contribution in [0.25, 0.3) is 10.9 Å². The van der Waals surface area contributed by atoms with Crippen molar-refractivity contribution in [3.63, 3.8) is 0 Å². The van der Waals surface area contributed by atoms with Crippen LogP contribution in [-0.2, 0) is 22.4 Å². The Balaban J connectivity index is 1.26. The van der Waals surface area contributed by atoms with Gasteiger partial charge >= 0.3 is 0 Å². The lowest BCUT2D eigenvalue weighted by molar-refractivity contribution is -0.123. The van der Waals surface area contributed by atoms with Crippen molar-refractivity contribution in [1.82, 2.24) is 10.3 Å². The van der Waals surface area contributed by atoms with Gasteiger partial charge in [-0.2, -0.15) is 0 Å². The summed E-state index contributed by atoms with van der Waals surface area (Å²) in [6.07, 6.45) is 3.97. The molecule has 0 fully saturated rings. The summed E-state index contributed by atoms with van der Waals surface area (Å²) in [5.74, 6) is 0.411. The zero-order valence-electron chi connectivity index (χ0n) is 14.9. The maximum Gasteiger partial charge on any atom is 0.257 e. The van der Waals surface area contributed by atoms with Crippen LogP contribution in [0.4, 0.5) is 5.69 Å². The van der Waals surface area contributed by atoms with Crippen LogP contribution in [0.5, 0.6) is 5.75 Å². The number of carbonyl (C=O) groups is 2. The summed E-state index contributed by atoms with van der Waals surface area (Å²) in [6, 6.07) is 13.6. The highest BCUT2D eigenvalue weighted by molar-refractivity contribution is 5.94. The highest BCUT2D eigenvalue weighted by Crippen LogP contribution is 2.27. The number of nitrogens with one attached hydrogen (secondary N) is 3. The van der Waals surface area contributed by atoms with Crippen molar-refractivity contribution in [2.75, 3.05) is 18.5 Å². The first kappa shape index (κ1) is 17.1. The van der Waals surface area contributed by atoms with Gasteiger partial charge in [0.15, 0.2) is 6.61 Å². The zero-order valence-corrected chi connectivity index (χ0v) is 14.9. The summed E-state index contributed by atoms with van der Waals surface area (Å²) in [7, 11) is 0. The summed E-state index contributed by atoms with van der Waals surface area (Å²) >= 11 is 0. The van der Waals surface area contributed by atoms with Crippen LogP contribution >= 0.6 is 0 Å². The molecule has 6 heteroatoms. The molecule has 1 aromatic heterocycles. The standard InChI is InChI=1S/C21H21N3O3/c25-20-8-6-14-5-7-16(11-19(14)24-20)27-13-21(26)22-10-9-15-12-23-18-4-2-1-3-17(15)18/h1-5,7,11-12,23H,6,8-10,13H2,(H,22,26)(H,24,25). The molecule has 3 aromatic rings. The number of fused-ring (bicyclic) bond motifs is 2. The molecule has 3 N–H and O–H groups in total. The largest absolute Gasteiger partial charge is 0.484 e. The Hall–Kier alpha value is -3.28. The number of hydrogen-bond donors (Lipinski definition) is 3. The molecule has 138 valence electrons. The van der Waals surface area contributed by atoms with Crippen molar-refractivity contribution in [3.8, 4) is 5.75 Å². The lowest BCUT2D eigenvalue weighted by Crippen LogP contribution is -2.30. The molecule has 6 nitrogen and oxygen atoms in total. The first-order chi connectivity index (χ1) is 13.2. The SMILES string of the molecule is O=C(COc1ccc2c(c1)NC(=O)CC2)NCCc1c[nH]c2ccccc12. The number of para-hydroxylation sites is 1. The third-order valence-corrected chi connectivity index (χ3v) is 4.74. The fourth-order valence-corrected chi connectivity index (χ4v) is 3.32. The molecule has 0 bridgehead atoms. The predicted octanol–water partition coefficient (Wildman–Crippen LogP) is 2.79. The molecule has 2 heterocycles. The van der Waals surface area contributed by atoms with Gasteiger partial charge in [0.2, 0.25) is 5.91 Å². The normalized spacial score (nSPS) is 13.1. The molecule has 0 aliphatic carbocycles. The van der Waals surface area contributed by atoms with Crippen molar-refractivity contribution in [1.29, 1.82) is 0 Å². The van der Waals surface area contributed by atoms with Crippen LogP contribution < -0.4 is 15.4 Å². The van der Waals surface area contributed by atoms with Crippen LogP contribution in [0.3, 0.4) is 0 Å². The highest BCUT2D eigenvalue weighted by atomic mass is 16.5. The van der Waals surface area contributed by atoms with Crippen LogP contribution in [0.1, 0.15) is 17.5 Å². The number of rotatable bonds is 6. The van der Waals surface area contributed by atoms with Crippen LogP contribution in [0.2, 0.25) is 0 Å². The maximum atomic E-state index is 12.0. The first-order valence-corrected chi connectivity index (χ1v) is 9.06. The van der Waals surface area contributed by atoms with E-state index in [-0.39, 0.29) is 18.4 Å². The van der Waals surface area contributed by atoms with Gasteiger partial charge in [0.1, 0.15) is 5.75 Å². The van der Waals surface area contributed by atoms with Gasteiger partial charge in [0.05, 0.1) is 0 Å². The van der Waals surface area contributed by atoms with E-state index in [4.69, 9.17) is 4.74 Å². The molecule has 27 heavy (non-hydrogen) atoms. The van der Waals surface area contributed by atoms with Crippen LogP contribution in [0, 0.1) is 0 Å². The van der Waals surface area contributed by atoms with Gasteiger partial charge in [-0.05, 0) is 36.1 Å². The minimum Gasteiger partial charge on any atom is -0.484 e. The molecule has 1 aliphatic heterocycles. The molecular formula is C21H21N3O3. The van der Waals surface area contributed by atoms with Crippen LogP contribution in [-0.4, -0.2) is 29.9 Å². The van der Waals surface area contributed by atoms with E-state index in [1.54, 1.807) is 6.07 Å². The number of amides is 2. The Kier molecular flexibility index (Phi) is 4.78. The van der Waals surface area contributed by atoms with Crippen LogP contribution in [0.15, 0.2) is 48.7 Å². The Bertz CT molecular complexity index is 993. The first-order valence-electron chi connectivity index (χ1n) is 9.06. The summed E-state index contributed by atoms with van der Waals surface area (Å²) in [4.78, 5) is 26.8. The van der Waals surface area contributed by atoms with E-state index in [9.17, 15) is 9.59 Å². The Labute approximate surface area is 156 Å². The molecular weight excluding hydrogens is 342 g/mol. The molecule has 0 unspecified atom stereocenters. The second kappa shape index (κ2) is 7.53. The van der Waals surface area contributed by atoms with Gasteiger partial charge in [0.25, 0.3) is 5.91 Å². The lowest BCUT2D eigenvalue weighted by atomic mass is 10.0. The molecule has 0 spiro atoms. The maximum absolute atomic E-state index is 12.0. The average Bonchev–Trinajstić information content (AvgIpc) is 3.09. The number of H-pyrrole nitrogens is 1. The number of aryl methyl sites for hydroxylation is 1. The Morgan fingerprint density at radius 2 is 2.04 bits per heavy atom. The third-order valence-electron chi connectivity index (χ3n) is 4.74. The number of aromatic amines is 1. The molecule has 0 saturated heterocycles. The number of hydrogen-bond acceptors (Lipinski definition) is 3. The summed E-state index contributed by atoms with van der Waals surface area (Å²) in [6.45, 7) is 0.491. The van der Waals surface area contributed by atoms with Gasteiger partial charge in [-0.15, -0.1) is 0 Å². The topological polar surface area (TPSA) is 83.2 Å². The van der Waals surface area contributed by atoms with Crippen molar-refractivity contribution < 1.29 is 14.3 Å². The molecule has 0 atom stereocenters. The zero-order chi connectivity index (χ0) is 18.6. The molecule has 2 amide bonds. The number of anilines is 1. The van der Waals surface area contributed by atoms with Gasteiger partial charge in [-0.25, -0.2) is 0 Å². The van der Waals surface area contributed by atoms with Gasteiger partial charge in [-0.1, -0.05) is 24.3 Å². The fourth-order valence-electron chi connectivity index (χ4n) is 3.32. The smallest absolute Gasteiger partial charge is 0.257 e. The molecule has 0 saturated carbocycles. The van der Waals surface area contributed by atoms with E-state index < -0.39 is 0 Å². The number of carbonyl (C=O) groups excluding carboxylic acids is 2. The molecule has 4 rings (SSSR count). The second-order valence-corrected chi connectivity index (χ2v) is 6.62. The number of ether oxygens (including phenoxy) is 1. The monoisotopic (exact) mass is 363 g/mol. The Morgan fingerprint density at radius 1 is 1.15 bits per heavy atom. The van der Waals surface area contributed by atoms with Gasteiger partial charge in [0, 0.05) is 41.8 Å². The summed E-state index contributed by atoms with van der Waals surface area (Å²) < 4.78 is 5.56. The van der Waals surface area contributed by atoms with Crippen molar-refractivity contribution in [2.45, 2.75) is 19.3 Å². The Morgan fingerprint density at radius 3 is 2.96 bits per heavy atom. The van der Waals surface area contributed by atoms with Gasteiger partial charge in [-0.3, -0.25) is 9.59 Å². The third kappa shape index (κ3) is 3.95. The van der Waals surface area contributed by atoms with E-state index in [2.05, 4.69) is 21.7 Å². The average molecular weight is 363 g/mol. The number of aromatic nitrogens is 1. The fraction of sp³-hybridized carbons (Fsp3) is 0.238. The number of benzene rings is 2. The van der Waals surface area contributed by atoms with E-state index in [0.29, 0.717) is 18.7 Å². The lowest BCUT2D eigenvalue weighted by Gasteiger charge is -2.17. The summed E-state index contributed by atoms with van der Waals surface area (Å²) in [5, 5.41) is 6.89. The van der Waals surface area contributed by atoms with E-state index in [0.717, 1.165) is 29.6 Å². The second-order valence-electron chi connectivity index (χ2n) is 6.62. The van der Waals surface area contributed by atoms with E-state index in [1.165, 1.54) is 10.9 Å². The minimum atomic E-state index is -0.170. The van der Waals surface area contributed by atoms with Gasteiger partial charge < -0.3 is 20.4 Å². The quantitative estimate of drug-likeness (QED) is 0.630. The molecule has 1 aliphatic rings.